The number of carbonyl (C=O) groups is 2. The van der Waals surface area contributed by atoms with Crippen LogP contribution in [0, 0.1) is 5.92 Å². The van der Waals surface area contributed by atoms with Crippen molar-refractivity contribution in [1.82, 2.24) is 24.6 Å². The molecule has 3 rings (SSSR count). The fourth-order valence-electron chi connectivity index (χ4n) is 2.95. The van der Waals surface area contributed by atoms with Gasteiger partial charge in [0.15, 0.2) is 5.82 Å². The van der Waals surface area contributed by atoms with E-state index >= 15 is 0 Å². The number of carbonyl (C=O) groups excluding carboxylic acids is 2. The predicted molar refractivity (Wildman–Crippen MR) is 82.4 cm³/mol. The monoisotopic (exact) mass is 321 g/mol. The maximum atomic E-state index is 12.7. The molecule has 1 aromatic rings. The molecule has 8 nitrogen and oxygen atoms in total. The van der Waals surface area contributed by atoms with Gasteiger partial charge in [-0.1, -0.05) is 0 Å². The molecule has 1 unspecified atom stereocenters. The summed E-state index contributed by atoms with van der Waals surface area (Å²) in [6.45, 7) is 0.917. The third-order valence-electron chi connectivity index (χ3n) is 4.59. The Morgan fingerprint density at radius 2 is 1.96 bits per heavy atom. The Kier molecular flexibility index (Phi) is 4.23. The van der Waals surface area contributed by atoms with E-state index in [1.807, 2.05) is 0 Å². The number of aryl methyl sites for hydroxylation is 1. The molecular weight excluding hydrogens is 298 g/mol. The van der Waals surface area contributed by atoms with Crippen LogP contribution in [0.2, 0.25) is 0 Å². The first-order chi connectivity index (χ1) is 11.0. The number of nitrogens with zero attached hydrogens (tertiary/aromatic N) is 4. The van der Waals surface area contributed by atoms with Gasteiger partial charge < -0.3 is 10.2 Å². The molecule has 1 aliphatic heterocycles. The Morgan fingerprint density at radius 1 is 1.22 bits per heavy atom. The molecule has 8 heteroatoms. The second-order valence-corrected chi connectivity index (χ2v) is 6.47. The molecule has 2 fully saturated rings. The summed E-state index contributed by atoms with van der Waals surface area (Å²) in [6, 6.07) is -0.452. The van der Waals surface area contributed by atoms with Gasteiger partial charge in [0, 0.05) is 26.6 Å². The summed E-state index contributed by atoms with van der Waals surface area (Å²) >= 11 is 0. The average molecular weight is 321 g/mol. The van der Waals surface area contributed by atoms with E-state index in [1.165, 1.54) is 9.25 Å². The van der Waals surface area contributed by atoms with Crippen molar-refractivity contribution < 1.29 is 9.59 Å². The standard InChI is InChI=1S/C15H23N5O3/c1-18-12(17-19(2)15(18)23)9-20-8-4-3-5-11(14(20)22)16-13(21)10-6-7-10/h10-11H,3-9H2,1-2H3,(H,16,21). The van der Waals surface area contributed by atoms with Gasteiger partial charge in [0.1, 0.15) is 6.04 Å². The van der Waals surface area contributed by atoms with Crippen molar-refractivity contribution in [2.45, 2.75) is 44.7 Å². The van der Waals surface area contributed by atoms with Crippen LogP contribution in [0.15, 0.2) is 4.79 Å². The fraction of sp³-hybridized carbons (Fsp3) is 0.733. The van der Waals surface area contributed by atoms with Crippen molar-refractivity contribution >= 4 is 11.8 Å². The van der Waals surface area contributed by atoms with Gasteiger partial charge in [0.05, 0.1) is 6.54 Å². The molecule has 1 aromatic heterocycles. The molecule has 1 saturated heterocycles. The second-order valence-electron chi connectivity index (χ2n) is 6.47. The fourth-order valence-corrected chi connectivity index (χ4v) is 2.95. The first-order valence-corrected chi connectivity index (χ1v) is 8.15. The van der Waals surface area contributed by atoms with Crippen molar-refractivity contribution in [3.63, 3.8) is 0 Å². The molecule has 0 spiro atoms. The largest absolute Gasteiger partial charge is 0.345 e. The molecule has 0 aromatic carbocycles. The van der Waals surface area contributed by atoms with Crippen LogP contribution in [0.4, 0.5) is 0 Å². The Morgan fingerprint density at radius 3 is 2.57 bits per heavy atom. The number of aromatic nitrogens is 3. The first-order valence-electron chi connectivity index (χ1n) is 8.15. The van der Waals surface area contributed by atoms with Gasteiger partial charge >= 0.3 is 5.69 Å². The van der Waals surface area contributed by atoms with E-state index in [4.69, 9.17) is 0 Å². The lowest BCUT2D eigenvalue weighted by atomic mass is 10.1. The normalized spacial score (nSPS) is 22.1. The average Bonchev–Trinajstić information content (AvgIpc) is 3.34. The molecule has 23 heavy (non-hydrogen) atoms. The Balaban J connectivity index is 1.72. The second kappa shape index (κ2) is 6.17. The zero-order valence-electron chi connectivity index (χ0n) is 13.6. The molecule has 0 radical (unpaired) electrons. The SMILES string of the molecule is Cn1nc(CN2CCCCC(NC(=O)C3CC3)C2=O)n(C)c1=O. The van der Waals surface area contributed by atoms with Crippen LogP contribution >= 0.6 is 0 Å². The van der Waals surface area contributed by atoms with Crippen LogP contribution in [0.25, 0.3) is 0 Å². The molecule has 2 aliphatic rings. The van der Waals surface area contributed by atoms with Crippen LogP contribution < -0.4 is 11.0 Å². The Labute approximate surface area is 134 Å². The Bertz CT molecular complexity index is 673. The van der Waals surface area contributed by atoms with E-state index in [1.54, 1.807) is 19.0 Å². The van der Waals surface area contributed by atoms with Crippen molar-refractivity contribution in [3.05, 3.63) is 16.3 Å². The zero-order valence-corrected chi connectivity index (χ0v) is 13.6. The van der Waals surface area contributed by atoms with E-state index in [9.17, 15) is 14.4 Å². The summed E-state index contributed by atoms with van der Waals surface area (Å²) in [6.07, 6.45) is 4.31. The summed E-state index contributed by atoms with van der Waals surface area (Å²) < 4.78 is 2.72. The van der Waals surface area contributed by atoms with Gasteiger partial charge in [-0.25, -0.2) is 9.48 Å². The van der Waals surface area contributed by atoms with Crippen molar-refractivity contribution in [1.29, 1.82) is 0 Å². The number of hydrogen-bond donors (Lipinski definition) is 1. The van der Waals surface area contributed by atoms with Gasteiger partial charge in [0.25, 0.3) is 0 Å². The molecule has 1 atom stereocenters. The Hall–Kier alpha value is -2.12. The van der Waals surface area contributed by atoms with Crippen molar-refractivity contribution in [2.24, 2.45) is 20.0 Å². The highest BCUT2D eigenvalue weighted by atomic mass is 16.2. The molecular formula is C15H23N5O3. The molecule has 2 amide bonds. The topological polar surface area (TPSA) is 89.2 Å². The highest BCUT2D eigenvalue weighted by Crippen LogP contribution is 2.29. The van der Waals surface area contributed by atoms with Crippen molar-refractivity contribution in [2.75, 3.05) is 6.54 Å². The molecule has 1 N–H and O–H groups in total. The van der Waals surface area contributed by atoms with Gasteiger partial charge in [-0.3, -0.25) is 14.2 Å². The number of rotatable bonds is 4. The van der Waals surface area contributed by atoms with Crippen molar-refractivity contribution in [3.8, 4) is 0 Å². The third kappa shape index (κ3) is 3.30. The van der Waals surface area contributed by atoms with Gasteiger partial charge in [0.2, 0.25) is 11.8 Å². The maximum Gasteiger partial charge on any atom is 0.345 e. The molecule has 1 saturated carbocycles. The van der Waals surface area contributed by atoms with Crippen LogP contribution in [0.3, 0.4) is 0 Å². The quantitative estimate of drug-likeness (QED) is 0.811. The smallest absolute Gasteiger partial charge is 0.344 e. The number of likely N-dealkylation sites (tertiary alicyclic amines) is 1. The highest BCUT2D eigenvalue weighted by molar-refractivity contribution is 5.89. The predicted octanol–water partition coefficient (Wildman–Crippen LogP) is -0.474. The number of nitrogens with one attached hydrogen (secondary N) is 1. The molecule has 1 aliphatic carbocycles. The van der Waals surface area contributed by atoms with Crippen LogP contribution in [0.1, 0.15) is 37.9 Å². The maximum absolute atomic E-state index is 12.7. The van der Waals surface area contributed by atoms with E-state index in [2.05, 4.69) is 10.4 Å². The van der Waals surface area contributed by atoms with Gasteiger partial charge in [-0.2, -0.15) is 5.10 Å². The molecule has 2 heterocycles. The minimum atomic E-state index is -0.452. The van der Waals surface area contributed by atoms with E-state index in [0.29, 0.717) is 25.3 Å². The third-order valence-corrected chi connectivity index (χ3v) is 4.59. The lowest BCUT2D eigenvalue weighted by molar-refractivity contribution is -0.136. The summed E-state index contributed by atoms with van der Waals surface area (Å²) in [4.78, 5) is 38.2. The van der Waals surface area contributed by atoms with E-state index in [0.717, 1.165) is 25.7 Å². The zero-order chi connectivity index (χ0) is 16.6. The van der Waals surface area contributed by atoms with Crippen LogP contribution in [-0.4, -0.2) is 43.6 Å². The minimum Gasteiger partial charge on any atom is -0.344 e. The highest BCUT2D eigenvalue weighted by Gasteiger charge is 2.34. The first kappa shape index (κ1) is 15.8. The van der Waals surface area contributed by atoms with Crippen LogP contribution in [0.5, 0.6) is 0 Å². The minimum absolute atomic E-state index is 0.00423. The van der Waals surface area contributed by atoms with Gasteiger partial charge in [-0.05, 0) is 32.1 Å². The van der Waals surface area contributed by atoms with E-state index < -0.39 is 6.04 Å². The van der Waals surface area contributed by atoms with E-state index in [-0.39, 0.29) is 23.4 Å². The van der Waals surface area contributed by atoms with Gasteiger partial charge in [-0.15, -0.1) is 0 Å². The summed E-state index contributed by atoms with van der Waals surface area (Å²) in [5.74, 6) is 0.571. The van der Waals surface area contributed by atoms with Crippen LogP contribution in [-0.2, 0) is 30.2 Å². The number of amides is 2. The summed E-state index contributed by atoms with van der Waals surface area (Å²) in [5, 5.41) is 7.07. The molecule has 0 bridgehead atoms. The summed E-state index contributed by atoms with van der Waals surface area (Å²) in [7, 11) is 3.24. The lowest BCUT2D eigenvalue weighted by Gasteiger charge is -2.24. The lowest BCUT2D eigenvalue weighted by Crippen LogP contribution is -2.47. The molecule has 126 valence electrons. The summed E-state index contributed by atoms with van der Waals surface area (Å²) in [5.41, 5.74) is -0.208. The number of hydrogen-bond acceptors (Lipinski definition) is 4.